The summed E-state index contributed by atoms with van der Waals surface area (Å²) in [7, 11) is 0. The molecule has 1 aromatic heterocycles. The minimum Gasteiger partial charge on any atom is -0.299 e. The number of para-hydroxylation sites is 1. The minimum absolute atomic E-state index is 0.313. The molecule has 0 saturated carbocycles. The summed E-state index contributed by atoms with van der Waals surface area (Å²) in [6, 6.07) is 8.17. The molecule has 0 saturated heterocycles. The van der Waals surface area contributed by atoms with Gasteiger partial charge in [-0.25, -0.2) is 0 Å². The average Bonchev–Trinajstić information content (AvgIpc) is 2.82. The molecule has 0 fully saturated rings. The zero-order valence-electron chi connectivity index (χ0n) is 12.6. The number of ketones is 1. The molecule has 20 heavy (non-hydrogen) atoms. The Morgan fingerprint density at radius 3 is 2.70 bits per heavy atom. The predicted molar refractivity (Wildman–Crippen MR) is 82.9 cm³/mol. The molecule has 0 radical (unpaired) electrons. The molecule has 0 aliphatic heterocycles. The Bertz CT molecular complexity index is 571. The third-order valence-electron chi connectivity index (χ3n) is 3.71. The molecule has 0 unspecified atom stereocenters. The number of benzene rings is 1. The number of carbonyl (C=O) groups is 1. The third-order valence-corrected chi connectivity index (χ3v) is 3.71. The summed E-state index contributed by atoms with van der Waals surface area (Å²) in [5.74, 6) is 0.313. The SMILES string of the molecule is CCCCCCC(=O)Cc1nn(CC)c2ccccc12. The number of Topliss-reactive ketones (excluding diaryl/α,β-unsaturated/α-hetero) is 1. The molecule has 108 valence electrons. The second kappa shape index (κ2) is 7.22. The van der Waals surface area contributed by atoms with Gasteiger partial charge in [0, 0.05) is 18.4 Å². The Hall–Kier alpha value is -1.64. The number of hydrogen-bond acceptors (Lipinski definition) is 2. The molecule has 0 aliphatic carbocycles. The highest BCUT2D eigenvalue weighted by Gasteiger charge is 2.12. The fourth-order valence-electron chi connectivity index (χ4n) is 2.59. The van der Waals surface area contributed by atoms with E-state index in [4.69, 9.17) is 0 Å². The van der Waals surface area contributed by atoms with Crippen LogP contribution in [0.3, 0.4) is 0 Å². The number of aryl methyl sites for hydroxylation is 1. The summed E-state index contributed by atoms with van der Waals surface area (Å²) in [4.78, 5) is 12.1. The first-order chi connectivity index (χ1) is 9.76. The van der Waals surface area contributed by atoms with E-state index in [2.05, 4.69) is 31.1 Å². The van der Waals surface area contributed by atoms with E-state index in [1.54, 1.807) is 0 Å². The molecule has 0 spiro atoms. The number of fused-ring (bicyclic) bond motifs is 1. The van der Waals surface area contributed by atoms with Crippen LogP contribution in [0.2, 0.25) is 0 Å². The minimum atomic E-state index is 0.313. The molecule has 1 aromatic carbocycles. The van der Waals surface area contributed by atoms with E-state index in [0.717, 1.165) is 36.0 Å². The zero-order chi connectivity index (χ0) is 14.4. The highest BCUT2D eigenvalue weighted by Crippen LogP contribution is 2.19. The number of hydrogen-bond donors (Lipinski definition) is 0. The van der Waals surface area contributed by atoms with Crippen LogP contribution in [-0.4, -0.2) is 15.6 Å². The quantitative estimate of drug-likeness (QED) is 0.677. The Morgan fingerprint density at radius 1 is 1.15 bits per heavy atom. The van der Waals surface area contributed by atoms with Crippen LogP contribution in [0.15, 0.2) is 24.3 Å². The van der Waals surface area contributed by atoms with Crippen molar-refractivity contribution in [1.29, 1.82) is 0 Å². The number of aromatic nitrogens is 2. The number of unbranched alkanes of at least 4 members (excludes halogenated alkanes) is 3. The van der Waals surface area contributed by atoms with E-state index in [-0.39, 0.29) is 0 Å². The molecule has 0 atom stereocenters. The summed E-state index contributed by atoms with van der Waals surface area (Å²) in [5, 5.41) is 5.71. The van der Waals surface area contributed by atoms with Crippen LogP contribution >= 0.6 is 0 Å². The van der Waals surface area contributed by atoms with Crippen molar-refractivity contribution in [1.82, 2.24) is 9.78 Å². The number of carbonyl (C=O) groups excluding carboxylic acids is 1. The Labute approximate surface area is 121 Å². The van der Waals surface area contributed by atoms with Crippen LogP contribution in [0, 0.1) is 0 Å². The lowest BCUT2D eigenvalue weighted by molar-refractivity contribution is -0.118. The van der Waals surface area contributed by atoms with Crippen LogP contribution in [0.1, 0.15) is 51.6 Å². The summed E-state index contributed by atoms with van der Waals surface area (Å²) in [5.41, 5.74) is 2.06. The van der Waals surface area contributed by atoms with Gasteiger partial charge in [-0.2, -0.15) is 5.10 Å². The van der Waals surface area contributed by atoms with Crippen molar-refractivity contribution < 1.29 is 4.79 Å². The first-order valence-electron chi connectivity index (χ1n) is 7.72. The lowest BCUT2D eigenvalue weighted by atomic mass is 10.1. The summed E-state index contributed by atoms with van der Waals surface area (Å²) < 4.78 is 1.98. The third kappa shape index (κ3) is 3.47. The van der Waals surface area contributed by atoms with Gasteiger partial charge in [-0.05, 0) is 19.4 Å². The lowest BCUT2D eigenvalue weighted by Crippen LogP contribution is -2.04. The van der Waals surface area contributed by atoms with Crippen molar-refractivity contribution in [3.8, 4) is 0 Å². The van der Waals surface area contributed by atoms with E-state index in [1.807, 2.05) is 16.8 Å². The van der Waals surface area contributed by atoms with Gasteiger partial charge in [0.15, 0.2) is 0 Å². The summed E-state index contributed by atoms with van der Waals surface area (Å²) in [6.45, 7) is 5.10. The molecular weight excluding hydrogens is 248 g/mol. The van der Waals surface area contributed by atoms with Gasteiger partial charge >= 0.3 is 0 Å². The smallest absolute Gasteiger partial charge is 0.138 e. The van der Waals surface area contributed by atoms with Gasteiger partial charge in [0.1, 0.15) is 5.78 Å². The molecule has 0 bridgehead atoms. The molecule has 3 nitrogen and oxygen atoms in total. The summed E-state index contributed by atoms with van der Waals surface area (Å²) >= 11 is 0. The average molecular weight is 272 g/mol. The Kier molecular flexibility index (Phi) is 5.33. The Balaban J connectivity index is 2.04. The number of rotatable bonds is 8. The molecule has 0 amide bonds. The van der Waals surface area contributed by atoms with Crippen LogP contribution < -0.4 is 0 Å². The molecule has 2 rings (SSSR count). The van der Waals surface area contributed by atoms with Crippen molar-refractivity contribution in [3.05, 3.63) is 30.0 Å². The first kappa shape index (κ1) is 14.8. The summed E-state index contributed by atoms with van der Waals surface area (Å²) in [6.07, 6.45) is 5.76. The van der Waals surface area contributed by atoms with Crippen LogP contribution in [0.25, 0.3) is 10.9 Å². The molecule has 0 aliphatic rings. The van der Waals surface area contributed by atoms with Crippen molar-refractivity contribution in [2.24, 2.45) is 0 Å². The highest BCUT2D eigenvalue weighted by molar-refractivity contribution is 5.88. The van der Waals surface area contributed by atoms with Gasteiger partial charge < -0.3 is 0 Å². The Morgan fingerprint density at radius 2 is 1.95 bits per heavy atom. The maximum atomic E-state index is 12.1. The van der Waals surface area contributed by atoms with Crippen molar-refractivity contribution in [3.63, 3.8) is 0 Å². The van der Waals surface area contributed by atoms with Gasteiger partial charge in [-0.3, -0.25) is 9.48 Å². The molecular formula is C17H24N2O. The van der Waals surface area contributed by atoms with E-state index in [0.29, 0.717) is 18.6 Å². The molecule has 2 aromatic rings. The zero-order valence-corrected chi connectivity index (χ0v) is 12.6. The van der Waals surface area contributed by atoms with Gasteiger partial charge in [0.2, 0.25) is 0 Å². The normalized spacial score (nSPS) is 11.1. The maximum Gasteiger partial charge on any atom is 0.138 e. The standard InChI is InChI=1S/C17H24N2O/c1-3-5-6-7-10-14(20)13-16-15-11-8-9-12-17(15)19(4-2)18-16/h8-9,11-12H,3-7,10,13H2,1-2H3. The molecule has 1 heterocycles. The van der Waals surface area contributed by atoms with Gasteiger partial charge in [-0.15, -0.1) is 0 Å². The predicted octanol–water partition coefficient (Wildman–Crippen LogP) is 4.14. The number of nitrogens with zero attached hydrogens (tertiary/aromatic N) is 2. The van der Waals surface area contributed by atoms with E-state index in [1.165, 1.54) is 12.8 Å². The highest BCUT2D eigenvalue weighted by atomic mass is 16.1. The van der Waals surface area contributed by atoms with Crippen LogP contribution in [0.5, 0.6) is 0 Å². The van der Waals surface area contributed by atoms with Gasteiger partial charge in [0.25, 0.3) is 0 Å². The fraction of sp³-hybridized carbons (Fsp3) is 0.529. The largest absolute Gasteiger partial charge is 0.299 e. The second-order valence-electron chi connectivity index (χ2n) is 5.31. The van der Waals surface area contributed by atoms with Gasteiger partial charge in [-0.1, -0.05) is 44.4 Å². The first-order valence-corrected chi connectivity index (χ1v) is 7.72. The van der Waals surface area contributed by atoms with Crippen LogP contribution in [0.4, 0.5) is 0 Å². The topological polar surface area (TPSA) is 34.9 Å². The van der Waals surface area contributed by atoms with Crippen molar-refractivity contribution in [2.45, 2.75) is 58.9 Å². The van der Waals surface area contributed by atoms with E-state index >= 15 is 0 Å². The van der Waals surface area contributed by atoms with Crippen LogP contribution in [-0.2, 0) is 17.8 Å². The molecule has 3 heteroatoms. The monoisotopic (exact) mass is 272 g/mol. The maximum absolute atomic E-state index is 12.1. The van der Waals surface area contributed by atoms with E-state index < -0.39 is 0 Å². The fourth-order valence-corrected chi connectivity index (χ4v) is 2.59. The lowest BCUT2D eigenvalue weighted by Gasteiger charge is -1.99. The molecule has 0 N–H and O–H groups in total. The second-order valence-corrected chi connectivity index (χ2v) is 5.31. The van der Waals surface area contributed by atoms with E-state index in [9.17, 15) is 4.79 Å². The van der Waals surface area contributed by atoms with Crippen molar-refractivity contribution >= 4 is 16.7 Å². The van der Waals surface area contributed by atoms with Crippen molar-refractivity contribution in [2.75, 3.05) is 0 Å². The van der Waals surface area contributed by atoms with Gasteiger partial charge in [0.05, 0.1) is 17.6 Å².